The summed E-state index contributed by atoms with van der Waals surface area (Å²) in [6, 6.07) is 4.57. The third-order valence-corrected chi connectivity index (χ3v) is 4.47. The van der Waals surface area contributed by atoms with E-state index in [1.165, 1.54) is 22.3 Å². The van der Waals surface area contributed by atoms with Crippen molar-refractivity contribution in [3.05, 3.63) is 47.0 Å². The minimum Gasteiger partial charge on any atom is -0.374 e. The highest BCUT2D eigenvalue weighted by atomic mass is 16.5. The zero-order chi connectivity index (χ0) is 16.2. The van der Waals surface area contributed by atoms with Crippen LogP contribution in [0.1, 0.15) is 22.3 Å². The van der Waals surface area contributed by atoms with E-state index in [2.05, 4.69) is 41.0 Å². The molecule has 1 aliphatic rings. The molecule has 1 aliphatic heterocycles. The predicted molar refractivity (Wildman–Crippen MR) is 89.1 cm³/mol. The molecule has 1 saturated heterocycles. The van der Waals surface area contributed by atoms with Gasteiger partial charge in [0.15, 0.2) is 0 Å². The molecule has 1 atom stereocenters. The van der Waals surface area contributed by atoms with Crippen LogP contribution in [0.4, 0.5) is 0 Å². The molecule has 0 saturated carbocycles. The van der Waals surface area contributed by atoms with Crippen molar-refractivity contribution >= 4 is 0 Å². The van der Waals surface area contributed by atoms with Gasteiger partial charge >= 0.3 is 0 Å². The zero-order valence-electron chi connectivity index (χ0n) is 13.9. The summed E-state index contributed by atoms with van der Waals surface area (Å²) in [6.45, 7) is 9.25. The molecule has 0 bridgehead atoms. The van der Waals surface area contributed by atoms with Crippen LogP contribution < -0.4 is 5.73 Å². The Morgan fingerprint density at radius 3 is 2.70 bits per heavy atom. The first-order valence-corrected chi connectivity index (χ1v) is 8.11. The maximum atomic E-state index is 5.74. The lowest BCUT2D eigenvalue weighted by molar-refractivity contribution is -0.0261. The lowest BCUT2D eigenvalue weighted by Crippen LogP contribution is -2.45. The number of nitrogens with two attached hydrogens (primary N) is 1. The molecule has 0 unspecified atom stereocenters. The van der Waals surface area contributed by atoms with Gasteiger partial charge in [0.1, 0.15) is 12.7 Å². The lowest BCUT2D eigenvalue weighted by Gasteiger charge is -2.32. The molecule has 0 radical (unpaired) electrons. The molecule has 2 heterocycles. The quantitative estimate of drug-likeness (QED) is 0.895. The fourth-order valence-electron chi connectivity index (χ4n) is 3.09. The van der Waals surface area contributed by atoms with E-state index in [-0.39, 0.29) is 6.10 Å². The lowest BCUT2D eigenvalue weighted by atomic mass is 9.99. The van der Waals surface area contributed by atoms with E-state index in [1.807, 2.05) is 4.68 Å². The highest BCUT2D eigenvalue weighted by molar-refractivity contribution is 5.37. The van der Waals surface area contributed by atoms with E-state index in [0.717, 1.165) is 32.8 Å². The van der Waals surface area contributed by atoms with Gasteiger partial charge in [-0.2, -0.15) is 5.10 Å². The summed E-state index contributed by atoms with van der Waals surface area (Å²) in [4.78, 5) is 6.45. The Morgan fingerprint density at radius 1 is 1.22 bits per heavy atom. The summed E-state index contributed by atoms with van der Waals surface area (Å²) in [5.74, 6) is 0. The molecule has 1 aromatic heterocycles. The first kappa shape index (κ1) is 16.1. The molecule has 2 N–H and O–H groups in total. The molecule has 1 aromatic carbocycles. The molecule has 124 valence electrons. The molecule has 0 amide bonds. The Bertz CT molecular complexity index is 641. The molecular weight excluding hydrogens is 290 g/mol. The second kappa shape index (κ2) is 7.21. The van der Waals surface area contributed by atoms with Gasteiger partial charge in [-0.25, -0.2) is 9.67 Å². The van der Waals surface area contributed by atoms with Gasteiger partial charge in [0.2, 0.25) is 0 Å². The Labute approximate surface area is 137 Å². The van der Waals surface area contributed by atoms with Crippen LogP contribution in [0.25, 0.3) is 0 Å². The van der Waals surface area contributed by atoms with E-state index in [1.54, 1.807) is 12.7 Å². The monoisotopic (exact) mass is 315 g/mol. The number of hydrogen-bond acceptors (Lipinski definition) is 5. The van der Waals surface area contributed by atoms with Gasteiger partial charge in [-0.15, -0.1) is 0 Å². The first-order chi connectivity index (χ1) is 11.2. The van der Waals surface area contributed by atoms with Crippen molar-refractivity contribution in [3.8, 4) is 0 Å². The average Bonchev–Trinajstić information content (AvgIpc) is 3.05. The second-order valence-electron chi connectivity index (χ2n) is 6.26. The highest BCUT2D eigenvalue weighted by Gasteiger charge is 2.20. The summed E-state index contributed by atoms with van der Waals surface area (Å²) < 4.78 is 7.51. The summed E-state index contributed by atoms with van der Waals surface area (Å²) in [6.07, 6.45) is 3.49. The number of nitrogens with zero attached hydrogens (tertiary/aromatic N) is 4. The molecule has 0 aliphatic carbocycles. The van der Waals surface area contributed by atoms with Crippen molar-refractivity contribution in [1.82, 2.24) is 19.7 Å². The number of rotatable bonds is 5. The molecule has 6 heteroatoms. The van der Waals surface area contributed by atoms with Crippen LogP contribution in [-0.4, -0.2) is 52.0 Å². The third kappa shape index (κ3) is 3.96. The number of hydrogen-bond donors (Lipinski definition) is 1. The summed E-state index contributed by atoms with van der Waals surface area (Å²) in [5, 5.41) is 4.21. The predicted octanol–water partition coefficient (Wildman–Crippen LogP) is 1.10. The zero-order valence-corrected chi connectivity index (χ0v) is 13.9. The van der Waals surface area contributed by atoms with Crippen molar-refractivity contribution in [2.75, 3.05) is 26.2 Å². The highest BCUT2D eigenvalue weighted by Crippen LogP contribution is 2.20. The van der Waals surface area contributed by atoms with Crippen LogP contribution in [0.2, 0.25) is 0 Å². The normalized spacial score (nSPS) is 19.2. The summed E-state index contributed by atoms with van der Waals surface area (Å²) >= 11 is 0. The van der Waals surface area contributed by atoms with Crippen LogP contribution in [0, 0.1) is 13.8 Å². The maximum absolute atomic E-state index is 5.74. The molecule has 6 nitrogen and oxygen atoms in total. The van der Waals surface area contributed by atoms with Gasteiger partial charge in [0.25, 0.3) is 0 Å². The average molecular weight is 315 g/mol. The first-order valence-electron chi connectivity index (χ1n) is 8.11. The number of morpholine rings is 1. The van der Waals surface area contributed by atoms with Crippen LogP contribution in [0.3, 0.4) is 0 Å². The fourth-order valence-corrected chi connectivity index (χ4v) is 3.09. The van der Waals surface area contributed by atoms with E-state index >= 15 is 0 Å². The Morgan fingerprint density at radius 2 is 2.00 bits per heavy atom. The van der Waals surface area contributed by atoms with E-state index in [0.29, 0.717) is 6.54 Å². The van der Waals surface area contributed by atoms with Crippen molar-refractivity contribution in [1.29, 1.82) is 0 Å². The molecule has 2 aromatic rings. The molecule has 23 heavy (non-hydrogen) atoms. The van der Waals surface area contributed by atoms with Crippen molar-refractivity contribution in [2.24, 2.45) is 5.73 Å². The van der Waals surface area contributed by atoms with Gasteiger partial charge in [0, 0.05) is 26.2 Å². The van der Waals surface area contributed by atoms with E-state index in [4.69, 9.17) is 10.5 Å². The van der Waals surface area contributed by atoms with Gasteiger partial charge in [-0.3, -0.25) is 4.90 Å². The van der Waals surface area contributed by atoms with Crippen molar-refractivity contribution in [2.45, 2.75) is 33.0 Å². The SMILES string of the molecule is Cc1cc(C)c(Cn2cncn2)cc1CN1CCO[C@@H](CN)C1. The van der Waals surface area contributed by atoms with Crippen LogP contribution >= 0.6 is 0 Å². The minimum atomic E-state index is 0.157. The van der Waals surface area contributed by atoms with Crippen LogP contribution in [-0.2, 0) is 17.8 Å². The topological polar surface area (TPSA) is 69.2 Å². The summed E-state index contributed by atoms with van der Waals surface area (Å²) in [7, 11) is 0. The number of benzene rings is 1. The van der Waals surface area contributed by atoms with Gasteiger partial charge < -0.3 is 10.5 Å². The Hall–Kier alpha value is -1.76. The van der Waals surface area contributed by atoms with Gasteiger partial charge in [-0.05, 0) is 36.1 Å². The van der Waals surface area contributed by atoms with Gasteiger partial charge in [0.05, 0.1) is 19.3 Å². The van der Waals surface area contributed by atoms with Crippen LogP contribution in [0.5, 0.6) is 0 Å². The number of aromatic nitrogens is 3. The fraction of sp³-hybridized carbons (Fsp3) is 0.529. The van der Waals surface area contributed by atoms with Gasteiger partial charge in [-0.1, -0.05) is 12.1 Å². The molecule has 3 rings (SSSR count). The standard InChI is InChI=1S/C17H25N5O/c1-13-5-14(2)16(9-22-12-19-11-20-22)6-15(13)8-21-3-4-23-17(7-18)10-21/h5-6,11-12,17H,3-4,7-10,18H2,1-2H3/t17-/m0/s1. The molecule has 1 fully saturated rings. The van der Waals surface area contributed by atoms with E-state index in [9.17, 15) is 0 Å². The largest absolute Gasteiger partial charge is 0.374 e. The maximum Gasteiger partial charge on any atom is 0.137 e. The molecule has 0 spiro atoms. The number of aryl methyl sites for hydroxylation is 2. The Kier molecular flexibility index (Phi) is 5.05. The second-order valence-corrected chi connectivity index (χ2v) is 6.26. The van der Waals surface area contributed by atoms with Crippen LogP contribution in [0.15, 0.2) is 24.8 Å². The summed E-state index contributed by atoms with van der Waals surface area (Å²) in [5.41, 5.74) is 11.0. The van der Waals surface area contributed by atoms with E-state index < -0.39 is 0 Å². The van der Waals surface area contributed by atoms with Crippen molar-refractivity contribution in [3.63, 3.8) is 0 Å². The van der Waals surface area contributed by atoms with Crippen molar-refractivity contribution < 1.29 is 4.74 Å². The smallest absolute Gasteiger partial charge is 0.137 e. The minimum absolute atomic E-state index is 0.157. The molecular formula is C17H25N5O. The third-order valence-electron chi connectivity index (χ3n) is 4.47. The number of ether oxygens (including phenoxy) is 1. The Balaban J connectivity index is 1.76.